The van der Waals surface area contributed by atoms with Gasteiger partial charge >= 0.3 is 0 Å². The molecule has 1 aliphatic rings. The topological polar surface area (TPSA) is 44.5 Å². The number of nitrogens with two attached hydrogens (primary N) is 1. The number of ether oxygens (including phenoxy) is 2. The zero-order valence-electron chi connectivity index (χ0n) is 11.9. The molecule has 0 spiro atoms. The molecule has 1 aliphatic carbocycles. The van der Waals surface area contributed by atoms with Gasteiger partial charge in [0.15, 0.2) is 0 Å². The molecule has 1 aromatic carbocycles. The van der Waals surface area contributed by atoms with Gasteiger partial charge in [-0.25, -0.2) is 0 Å². The van der Waals surface area contributed by atoms with Gasteiger partial charge in [-0.15, -0.1) is 0 Å². The second kappa shape index (κ2) is 7.39. The van der Waals surface area contributed by atoms with Crippen LogP contribution in [0.25, 0.3) is 0 Å². The van der Waals surface area contributed by atoms with Crippen molar-refractivity contribution in [2.24, 2.45) is 11.7 Å². The summed E-state index contributed by atoms with van der Waals surface area (Å²) in [4.78, 5) is 0. The van der Waals surface area contributed by atoms with Crippen molar-refractivity contribution in [1.82, 2.24) is 0 Å². The predicted octanol–water partition coefficient (Wildman–Crippen LogP) is 3.16. The number of hydrogen-bond donors (Lipinski definition) is 1. The van der Waals surface area contributed by atoms with Crippen molar-refractivity contribution in [3.63, 3.8) is 0 Å². The van der Waals surface area contributed by atoms with Crippen LogP contribution in [0.3, 0.4) is 0 Å². The van der Waals surface area contributed by atoms with Gasteiger partial charge in [0, 0.05) is 6.07 Å². The maximum Gasteiger partial charge on any atom is 0.126 e. The van der Waals surface area contributed by atoms with E-state index < -0.39 is 0 Å². The second-order valence-electron chi connectivity index (χ2n) is 5.24. The summed E-state index contributed by atoms with van der Waals surface area (Å²) < 4.78 is 11.6. The molecule has 1 fully saturated rings. The lowest BCUT2D eigenvalue weighted by Crippen LogP contribution is -2.07. The molecule has 0 radical (unpaired) electrons. The molecule has 1 saturated carbocycles. The van der Waals surface area contributed by atoms with Crippen molar-refractivity contribution in [2.75, 3.05) is 19.8 Å². The zero-order chi connectivity index (χ0) is 13.5. The maximum absolute atomic E-state index is 5.93. The van der Waals surface area contributed by atoms with E-state index >= 15 is 0 Å². The lowest BCUT2D eigenvalue weighted by Gasteiger charge is -2.13. The third-order valence-corrected chi connectivity index (χ3v) is 3.41. The standard InChI is InChI=1S/C16H25NO2/c1-2-10-18-15-6-5-14(7-9-17)16(12-15)19-11-8-13-3-4-13/h5-6,12-13H,2-4,7-11,17H2,1H3. The molecule has 0 amide bonds. The molecule has 0 unspecified atom stereocenters. The van der Waals surface area contributed by atoms with Crippen LogP contribution in [0.15, 0.2) is 18.2 Å². The van der Waals surface area contributed by atoms with E-state index in [4.69, 9.17) is 15.2 Å². The van der Waals surface area contributed by atoms with Crippen LogP contribution in [0.2, 0.25) is 0 Å². The summed E-state index contributed by atoms with van der Waals surface area (Å²) in [6.45, 7) is 4.31. The quantitative estimate of drug-likeness (QED) is 0.744. The fourth-order valence-corrected chi connectivity index (χ4v) is 2.08. The minimum atomic E-state index is 0.647. The Hall–Kier alpha value is -1.22. The Morgan fingerprint density at radius 2 is 2.05 bits per heavy atom. The Kier molecular flexibility index (Phi) is 5.52. The smallest absolute Gasteiger partial charge is 0.126 e. The Labute approximate surface area is 116 Å². The van der Waals surface area contributed by atoms with E-state index in [1.165, 1.54) is 24.8 Å². The summed E-state index contributed by atoms with van der Waals surface area (Å²) in [5, 5.41) is 0. The molecular formula is C16H25NO2. The van der Waals surface area contributed by atoms with E-state index in [2.05, 4.69) is 13.0 Å². The molecule has 19 heavy (non-hydrogen) atoms. The molecule has 0 saturated heterocycles. The summed E-state index contributed by atoms with van der Waals surface area (Å²) >= 11 is 0. The van der Waals surface area contributed by atoms with Crippen LogP contribution < -0.4 is 15.2 Å². The fourth-order valence-electron chi connectivity index (χ4n) is 2.08. The van der Waals surface area contributed by atoms with Crippen LogP contribution in [0, 0.1) is 5.92 Å². The highest BCUT2D eigenvalue weighted by molar-refractivity contribution is 5.41. The first-order chi connectivity index (χ1) is 9.33. The predicted molar refractivity (Wildman–Crippen MR) is 77.8 cm³/mol. The van der Waals surface area contributed by atoms with Crippen molar-refractivity contribution < 1.29 is 9.47 Å². The Morgan fingerprint density at radius 3 is 2.74 bits per heavy atom. The van der Waals surface area contributed by atoms with Crippen LogP contribution >= 0.6 is 0 Å². The van der Waals surface area contributed by atoms with Crippen LogP contribution in [0.5, 0.6) is 11.5 Å². The van der Waals surface area contributed by atoms with E-state index in [1.54, 1.807) is 0 Å². The minimum absolute atomic E-state index is 0.647. The Bertz CT molecular complexity index is 388. The van der Waals surface area contributed by atoms with E-state index in [-0.39, 0.29) is 0 Å². The van der Waals surface area contributed by atoms with Gasteiger partial charge in [0.1, 0.15) is 11.5 Å². The molecule has 2 N–H and O–H groups in total. The van der Waals surface area contributed by atoms with E-state index in [9.17, 15) is 0 Å². The average molecular weight is 263 g/mol. The van der Waals surface area contributed by atoms with Crippen molar-refractivity contribution in [3.05, 3.63) is 23.8 Å². The van der Waals surface area contributed by atoms with Crippen molar-refractivity contribution >= 4 is 0 Å². The third kappa shape index (κ3) is 4.75. The summed E-state index contributed by atoms with van der Waals surface area (Å²) in [6, 6.07) is 6.09. The number of benzene rings is 1. The monoisotopic (exact) mass is 263 g/mol. The largest absolute Gasteiger partial charge is 0.493 e. The van der Waals surface area contributed by atoms with E-state index in [0.29, 0.717) is 6.54 Å². The average Bonchev–Trinajstić information content (AvgIpc) is 3.23. The third-order valence-electron chi connectivity index (χ3n) is 3.41. The molecule has 1 aromatic rings. The maximum atomic E-state index is 5.93. The normalized spacial score (nSPS) is 14.4. The summed E-state index contributed by atoms with van der Waals surface area (Å²) in [5.74, 6) is 2.74. The van der Waals surface area contributed by atoms with Crippen LogP contribution in [0.4, 0.5) is 0 Å². The molecule has 0 atom stereocenters. The lowest BCUT2D eigenvalue weighted by atomic mass is 10.1. The van der Waals surface area contributed by atoms with Crippen LogP contribution in [-0.4, -0.2) is 19.8 Å². The molecule has 0 aliphatic heterocycles. The van der Waals surface area contributed by atoms with Crippen LogP contribution in [-0.2, 0) is 6.42 Å². The summed E-state index contributed by atoms with van der Waals surface area (Å²) in [5.41, 5.74) is 6.83. The molecule has 0 bridgehead atoms. The first-order valence-corrected chi connectivity index (χ1v) is 7.42. The van der Waals surface area contributed by atoms with E-state index in [1.807, 2.05) is 12.1 Å². The fraction of sp³-hybridized carbons (Fsp3) is 0.625. The highest BCUT2D eigenvalue weighted by Crippen LogP contribution is 2.33. The second-order valence-corrected chi connectivity index (χ2v) is 5.24. The van der Waals surface area contributed by atoms with Gasteiger partial charge in [-0.05, 0) is 43.4 Å². The van der Waals surface area contributed by atoms with Gasteiger partial charge in [-0.3, -0.25) is 0 Å². The molecule has 106 valence electrons. The van der Waals surface area contributed by atoms with Gasteiger partial charge in [0.25, 0.3) is 0 Å². The number of rotatable bonds is 9. The Balaban J connectivity index is 1.96. The molecule has 0 aromatic heterocycles. The summed E-state index contributed by atoms with van der Waals surface area (Å²) in [7, 11) is 0. The first kappa shape index (κ1) is 14.2. The van der Waals surface area contributed by atoms with Gasteiger partial charge < -0.3 is 15.2 Å². The lowest BCUT2D eigenvalue weighted by molar-refractivity contribution is 0.290. The van der Waals surface area contributed by atoms with Gasteiger partial charge in [0.2, 0.25) is 0 Å². The van der Waals surface area contributed by atoms with Gasteiger partial charge in [-0.1, -0.05) is 25.8 Å². The molecule has 3 nitrogen and oxygen atoms in total. The molecule has 3 heteroatoms. The van der Waals surface area contributed by atoms with Gasteiger partial charge in [0.05, 0.1) is 13.2 Å². The SMILES string of the molecule is CCCOc1ccc(CCN)c(OCCC2CC2)c1. The zero-order valence-corrected chi connectivity index (χ0v) is 11.9. The highest BCUT2D eigenvalue weighted by Gasteiger charge is 2.20. The van der Waals surface area contributed by atoms with Crippen molar-refractivity contribution in [3.8, 4) is 11.5 Å². The Morgan fingerprint density at radius 1 is 1.21 bits per heavy atom. The molecule has 2 rings (SSSR count). The van der Waals surface area contributed by atoms with Crippen molar-refractivity contribution in [1.29, 1.82) is 0 Å². The molecular weight excluding hydrogens is 238 g/mol. The first-order valence-electron chi connectivity index (χ1n) is 7.42. The van der Waals surface area contributed by atoms with E-state index in [0.717, 1.165) is 43.5 Å². The molecule has 0 heterocycles. The van der Waals surface area contributed by atoms with Gasteiger partial charge in [-0.2, -0.15) is 0 Å². The number of hydrogen-bond acceptors (Lipinski definition) is 3. The van der Waals surface area contributed by atoms with Crippen molar-refractivity contribution in [2.45, 2.75) is 39.0 Å². The minimum Gasteiger partial charge on any atom is -0.493 e. The van der Waals surface area contributed by atoms with Crippen LogP contribution in [0.1, 0.15) is 38.2 Å². The highest BCUT2D eigenvalue weighted by atomic mass is 16.5. The summed E-state index contributed by atoms with van der Waals surface area (Å²) in [6.07, 6.45) is 5.79.